The van der Waals surface area contributed by atoms with E-state index in [0.717, 1.165) is 5.57 Å². The van der Waals surface area contributed by atoms with Crippen molar-refractivity contribution in [3.05, 3.63) is 11.6 Å². The molecule has 0 aromatic carbocycles. The molecule has 0 unspecified atom stereocenters. The van der Waals surface area contributed by atoms with Gasteiger partial charge in [-0.25, -0.2) is 0 Å². The summed E-state index contributed by atoms with van der Waals surface area (Å²) in [6, 6.07) is 0. The molecule has 0 spiro atoms. The van der Waals surface area contributed by atoms with E-state index in [1.807, 2.05) is 6.92 Å². The lowest BCUT2D eigenvalue weighted by molar-refractivity contribution is 1.42. The summed E-state index contributed by atoms with van der Waals surface area (Å²) in [5, 5.41) is 13.7. The van der Waals surface area contributed by atoms with Crippen LogP contribution in [0.25, 0.3) is 0 Å². The summed E-state index contributed by atoms with van der Waals surface area (Å²) < 4.78 is 0. The van der Waals surface area contributed by atoms with Crippen molar-refractivity contribution in [2.24, 2.45) is 0 Å². The van der Waals surface area contributed by atoms with Gasteiger partial charge in [0.2, 0.25) is 0 Å². The molecular formula is C6H10N2. The van der Waals surface area contributed by atoms with Gasteiger partial charge in [0, 0.05) is 11.9 Å². The van der Waals surface area contributed by atoms with Crippen molar-refractivity contribution >= 4 is 11.9 Å². The van der Waals surface area contributed by atoms with Crippen LogP contribution >= 0.6 is 0 Å². The molecule has 0 rings (SSSR count). The van der Waals surface area contributed by atoms with E-state index in [1.165, 1.54) is 6.21 Å². The summed E-state index contributed by atoms with van der Waals surface area (Å²) in [7, 11) is 0. The zero-order valence-electron chi connectivity index (χ0n) is 5.15. The SMILES string of the molecule is CC(=N)/C(C)=C\C=N. The molecule has 0 heterocycles. The van der Waals surface area contributed by atoms with Gasteiger partial charge in [-0.05, 0) is 25.5 Å². The highest BCUT2D eigenvalue weighted by atomic mass is 14.4. The highest BCUT2D eigenvalue weighted by molar-refractivity contribution is 5.98. The number of hydrogen-bond acceptors (Lipinski definition) is 2. The van der Waals surface area contributed by atoms with Crippen LogP contribution in [0.2, 0.25) is 0 Å². The normalized spacial score (nSPS) is 11.0. The van der Waals surface area contributed by atoms with E-state index in [2.05, 4.69) is 0 Å². The van der Waals surface area contributed by atoms with Crippen molar-refractivity contribution in [1.29, 1.82) is 10.8 Å². The molecule has 44 valence electrons. The van der Waals surface area contributed by atoms with E-state index < -0.39 is 0 Å². The fourth-order valence-electron chi connectivity index (χ4n) is 0.250. The molecule has 0 radical (unpaired) electrons. The van der Waals surface area contributed by atoms with Gasteiger partial charge in [0.1, 0.15) is 0 Å². The molecule has 2 N–H and O–H groups in total. The Balaban J connectivity index is 3.99. The lowest BCUT2D eigenvalue weighted by Crippen LogP contribution is -1.88. The predicted octanol–water partition coefficient (Wildman–Crippen LogP) is 1.62. The summed E-state index contributed by atoms with van der Waals surface area (Å²) in [4.78, 5) is 0. The Labute approximate surface area is 49.2 Å². The van der Waals surface area contributed by atoms with E-state index in [-0.39, 0.29) is 0 Å². The maximum atomic E-state index is 7.03. The monoisotopic (exact) mass is 110 g/mol. The highest BCUT2D eigenvalue weighted by Gasteiger charge is 1.85. The number of hydrogen-bond donors (Lipinski definition) is 2. The van der Waals surface area contributed by atoms with Gasteiger partial charge in [-0.2, -0.15) is 0 Å². The second-order valence-corrected chi connectivity index (χ2v) is 1.64. The fourth-order valence-corrected chi connectivity index (χ4v) is 0.250. The van der Waals surface area contributed by atoms with Crippen LogP contribution in [0.15, 0.2) is 11.6 Å². The van der Waals surface area contributed by atoms with Crippen molar-refractivity contribution in [2.45, 2.75) is 13.8 Å². The Morgan fingerprint density at radius 3 is 2.00 bits per heavy atom. The van der Waals surface area contributed by atoms with Crippen molar-refractivity contribution in [3.63, 3.8) is 0 Å². The van der Waals surface area contributed by atoms with E-state index in [9.17, 15) is 0 Å². The molecule has 0 aliphatic rings. The molecule has 0 aliphatic carbocycles. The third-order valence-electron chi connectivity index (χ3n) is 0.925. The summed E-state index contributed by atoms with van der Waals surface area (Å²) >= 11 is 0. The lowest BCUT2D eigenvalue weighted by Gasteiger charge is -1.90. The molecule has 2 nitrogen and oxygen atoms in total. The molecule has 0 atom stereocenters. The Morgan fingerprint density at radius 1 is 1.38 bits per heavy atom. The van der Waals surface area contributed by atoms with Crippen LogP contribution in [0.1, 0.15) is 13.8 Å². The first-order chi connectivity index (χ1) is 3.68. The van der Waals surface area contributed by atoms with Gasteiger partial charge in [0.05, 0.1) is 0 Å². The van der Waals surface area contributed by atoms with Gasteiger partial charge < -0.3 is 10.8 Å². The smallest absolute Gasteiger partial charge is 0.0312 e. The summed E-state index contributed by atoms with van der Waals surface area (Å²) in [6.07, 6.45) is 2.79. The maximum Gasteiger partial charge on any atom is 0.0312 e. The van der Waals surface area contributed by atoms with Crippen LogP contribution < -0.4 is 0 Å². The molecule has 0 bridgehead atoms. The maximum absolute atomic E-state index is 7.03. The Hall–Kier alpha value is -0.920. The zero-order valence-corrected chi connectivity index (χ0v) is 5.15. The second kappa shape index (κ2) is 3.13. The van der Waals surface area contributed by atoms with Crippen LogP contribution in [-0.4, -0.2) is 11.9 Å². The summed E-state index contributed by atoms with van der Waals surface area (Å²) in [5.41, 5.74) is 1.37. The van der Waals surface area contributed by atoms with Gasteiger partial charge in [0.15, 0.2) is 0 Å². The first-order valence-electron chi connectivity index (χ1n) is 2.41. The molecule has 0 saturated heterocycles. The van der Waals surface area contributed by atoms with Crippen LogP contribution in [0.3, 0.4) is 0 Å². The van der Waals surface area contributed by atoms with Gasteiger partial charge >= 0.3 is 0 Å². The van der Waals surface area contributed by atoms with E-state index in [4.69, 9.17) is 10.8 Å². The molecule has 0 aliphatic heterocycles. The van der Waals surface area contributed by atoms with Crippen LogP contribution in [0.5, 0.6) is 0 Å². The number of rotatable bonds is 2. The first kappa shape index (κ1) is 7.08. The number of allylic oxidation sites excluding steroid dienone is 2. The van der Waals surface area contributed by atoms with Gasteiger partial charge in [0.25, 0.3) is 0 Å². The molecule has 2 heteroatoms. The second-order valence-electron chi connectivity index (χ2n) is 1.64. The molecule has 0 aromatic heterocycles. The molecule has 8 heavy (non-hydrogen) atoms. The lowest BCUT2D eigenvalue weighted by atomic mass is 10.2. The minimum absolute atomic E-state index is 0.522. The third kappa shape index (κ3) is 2.29. The zero-order chi connectivity index (χ0) is 6.57. The Kier molecular flexibility index (Phi) is 2.77. The molecule has 0 fully saturated rings. The Morgan fingerprint density at radius 2 is 1.88 bits per heavy atom. The molecular weight excluding hydrogens is 100 g/mol. The standard InChI is InChI=1S/C6H10N2/c1-5(3-4-7)6(2)8/h3-4,7-8H,1-2H3/b5-3-,7-4?,8-6?. The van der Waals surface area contributed by atoms with Crippen LogP contribution in [-0.2, 0) is 0 Å². The van der Waals surface area contributed by atoms with Gasteiger partial charge in [-0.15, -0.1) is 0 Å². The van der Waals surface area contributed by atoms with Crippen molar-refractivity contribution in [2.75, 3.05) is 0 Å². The number of nitrogens with one attached hydrogen (secondary N) is 2. The average Bonchev–Trinajstić information content (AvgIpc) is 1.67. The van der Waals surface area contributed by atoms with Gasteiger partial charge in [-0.3, -0.25) is 0 Å². The minimum Gasteiger partial charge on any atom is -0.309 e. The quantitative estimate of drug-likeness (QED) is 0.507. The van der Waals surface area contributed by atoms with E-state index in [0.29, 0.717) is 5.71 Å². The van der Waals surface area contributed by atoms with Crippen molar-refractivity contribution in [1.82, 2.24) is 0 Å². The minimum atomic E-state index is 0.522. The van der Waals surface area contributed by atoms with Crippen LogP contribution in [0.4, 0.5) is 0 Å². The Bertz CT molecular complexity index is 133. The third-order valence-corrected chi connectivity index (χ3v) is 0.925. The van der Waals surface area contributed by atoms with Gasteiger partial charge in [-0.1, -0.05) is 0 Å². The predicted molar refractivity (Wildman–Crippen MR) is 35.9 cm³/mol. The van der Waals surface area contributed by atoms with E-state index >= 15 is 0 Å². The summed E-state index contributed by atoms with van der Waals surface area (Å²) in [5.74, 6) is 0. The highest BCUT2D eigenvalue weighted by Crippen LogP contribution is 1.90. The van der Waals surface area contributed by atoms with E-state index in [1.54, 1.807) is 13.0 Å². The van der Waals surface area contributed by atoms with Crippen molar-refractivity contribution in [3.8, 4) is 0 Å². The molecule has 0 saturated carbocycles. The van der Waals surface area contributed by atoms with Crippen molar-refractivity contribution < 1.29 is 0 Å². The van der Waals surface area contributed by atoms with Crippen LogP contribution in [0, 0.1) is 10.8 Å². The largest absolute Gasteiger partial charge is 0.309 e. The molecule has 0 amide bonds. The average molecular weight is 110 g/mol. The summed E-state index contributed by atoms with van der Waals surface area (Å²) in [6.45, 7) is 3.52. The fraction of sp³-hybridized carbons (Fsp3) is 0.333. The molecule has 0 aromatic rings. The topological polar surface area (TPSA) is 47.7 Å². The first-order valence-corrected chi connectivity index (χ1v) is 2.41.